The zero-order valence-corrected chi connectivity index (χ0v) is 24.7. The predicted molar refractivity (Wildman–Crippen MR) is 161 cm³/mol. The molecule has 0 bridgehead atoms. The fourth-order valence-electron chi connectivity index (χ4n) is 4.85. The average molecular weight is 605 g/mol. The van der Waals surface area contributed by atoms with Gasteiger partial charge in [0.2, 0.25) is 15.7 Å². The zero-order chi connectivity index (χ0) is 30.0. The Balaban J connectivity index is 1.95. The van der Waals surface area contributed by atoms with E-state index in [4.69, 9.17) is 19.9 Å². The van der Waals surface area contributed by atoms with Crippen LogP contribution in [0.2, 0.25) is 0 Å². The normalized spacial score (nSPS) is 15.3. The number of ether oxygens (including phenoxy) is 3. The van der Waals surface area contributed by atoms with Gasteiger partial charge in [0.1, 0.15) is 21.7 Å². The van der Waals surface area contributed by atoms with E-state index >= 15 is 0 Å². The summed E-state index contributed by atoms with van der Waals surface area (Å²) < 4.78 is 45.8. The number of nitrogens with zero attached hydrogens (tertiary/aromatic N) is 1. The Morgan fingerprint density at radius 1 is 0.952 bits per heavy atom. The van der Waals surface area contributed by atoms with E-state index < -0.39 is 32.0 Å². The van der Waals surface area contributed by atoms with E-state index in [1.807, 2.05) is 0 Å². The number of aromatic nitrogens is 1. The van der Waals surface area contributed by atoms with Crippen LogP contribution in [0.4, 0.5) is 5.69 Å². The topological polar surface area (TPSA) is 127 Å². The highest BCUT2D eigenvalue weighted by Crippen LogP contribution is 2.43. The number of methoxy groups -OCH3 is 2. The second-order valence-electron chi connectivity index (χ2n) is 9.15. The van der Waals surface area contributed by atoms with Gasteiger partial charge in [-0.25, -0.2) is 13.2 Å². The van der Waals surface area contributed by atoms with Crippen molar-refractivity contribution in [3.63, 3.8) is 0 Å². The first-order valence-electron chi connectivity index (χ1n) is 12.9. The molecule has 42 heavy (non-hydrogen) atoms. The minimum Gasteiger partial charge on any atom is -0.496 e. The summed E-state index contributed by atoms with van der Waals surface area (Å²) in [6, 6.07) is 21.6. The molecule has 1 aliphatic rings. The third-order valence-electron chi connectivity index (χ3n) is 6.73. The summed E-state index contributed by atoms with van der Waals surface area (Å²) in [5.74, 6) is -0.424. The van der Waals surface area contributed by atoms with Crippen LogP contribution >= 0.6 is 11.8 Å². The van der Waals surface area contributed by atoms with Gasteiger partial charge in [-0.1, -0.05) is 66.4 Å². The van der Waals surface area contributed by atoms with Gasteiger partial charge < -0.3 is 19.9 Å². The summed E-state index contributed by atoms with van der Waals surface area (Å²) >= 11 is 0.966. The van der Waals surface area contributed by atoms with Crippen molar-refractivity contribution < 1.29 is 32.2 Å². The Morgan fingerprint density at radius 2 is 1.57 bits per heavy atom. The second kappa shape index (κ2) is 11.8. The highest BCUT2D eigenvalue weighted by atomic mass is 32.2. The van der Waals surface area contributed by atoms with E-state index in [1.54, 1.807) is 79.7 Å². The highest BCUT2D eigenvalue weighted by molar-refractivity contribution is 8.10. The van der Waals surface area contributed by atoms with Crippen molar-refractivity contribution in [2.75, 3.05) is 26.6 Å². The fraction of sp³-hybridized carbons (Fsp3) is 0.161. The summed E-state index contributed by atoms with van der Waals surface area (Å²) in [5, 5.41) is -1.26. The lowest BCUT2D eigenvalue weighted by atomic mass is 10.1. The quantitative estimate of drug-likeness (QED) is 0.301. The Kier molecular flexibility index (Phi) is 8.15. The molecule has 0 radical (unpaired) electrons. The van der Waals surface area contributed by atoms with Gasteiger partial charge in [-0.3, -0.25) is 9.36 Å². The first-order valence-corrected chi connectivity index (χ1v) is 15.3. The number of nitrogen functional groups attached to an aromatic ring is 1. The molecule has 0 fully saturated rings. The van der Waals surface area contributed by atoms with Crippen LogP contribution in [-0.2, 0) is 19.4 Å². The number of hydrogen-bond donors (Lipinski definition) is 1. The molecule has 5 rings (SSSR count). The van der Waals surface area contributed by atoms with Gasteiger partial charge in [0.15, 0.2) is 5.03 Å². The summed E-state index contributed by atoms with van der Waals surface area (Å²) in [6.07, 6.45) is 1.61. The summed E-state index contributed by atoms with van der Waals surface area (Å²) in [5.41, 5.74) is 7.51. The van der Waals surface area contributed by atoms with Crippen LogP contribution in [-0.4, -0.2) is 45.7 Å². The number of hydrogen-bond acceptors (Lipinski definition) is 9. The smallest absolute Gasteiger partial charge is 0.346 e. The number of rotatable bonds is 8. The summed E-state index contributed by atoms with van der Waals surface area (Å²) in [4.78, 5) is 27.9. The van der Waals surface area contributed by atoms with Gasteiger partial charge in [0.25, 0.3) is 0 Å². The molecule has 0 spiro atoms. The number of anilines is 1. The maximum absolute atomic E-state index is 14.4. The molecule has 3 aromatic carbocycles. The van der Waals surface area contributed by atoms with E-state index in [1.165, 1.54) is 26.4 Å². The number of fused-ring (bicyclic) bond motifs is 1. The van der Waals surface area contributed by atoms with Crippen molar-refractivity contribution in [3.8, 4) is 11.5 Å². The first kappa shape index (κ1) is 29.0. The van der Waals surface area contributed by atoms with E-state index in [2.05, 4.69) is 0 Å². The molecular formula is C31H28N2O7S2. The van der Waals surface area contributed by atoms with Crippen molar-refractivity contribution in [1.29, 1.82) is 0 Å². The van der Waals surface area contributed by atoms with Crippen molar-refractivity contribution >= 4 is 50.1 Å². The Hall–Kier alpha value is -4.48. The Morgan fingerprint density at radius 3 is 2.24 bits per heavy atom. The minimum atomic E-state index is -4.35. The van der Waals surface area contributed by atoms with Gasteiger partial charge in [0.05, 0.1) is 36.8 Å². The average Bonchev–Trinajstić information content (AvgIpc) is 3.30. The van der Waals surface area contributed by atoms with Gasteiger partial charge in [-0.05, 0) is 37.3 Å². The molecule has 0 unspecified atom stereocenters. The maximum atomic E-state index is 14.4. The van der Waals surface area contributed by atoms with Crippen molar-refractivity contribution in [2.24, 2.45) is 0 Å². The molecule has 2 heterocycles. The molecular weight excluding hydrogens is 576 g/mol. The molecule has 1 aromatic heterocycles. The summed E-state index contributed by atoms with van der Waals surface area (Å²) in [6.45, 7) is 1.72. The number of sulfone groups is 1. The SMILES string of the molecule is CCOC(=O)C1=c2/c(=C/c3ccccc3OC)c(N)c(S(=O)(=O)c3ccccc3)n2C(=O)[C@H](c2ccccc2OC)S1. The van der Waals surface area contributed by atoms with E-state index in [9.17, 15) is 18.0 Å². The van der Waals surface area contributed by atoms with Gasteiger partial charge in [-0.15, -0.1) is 0 Å². The van der Waals surface area contributed by atoms with Crippen LogP contribution in [0.1, 0.15) is 28.1 Å². The lowest BCUT2D eigenvalue weighted by Crippen LogP contribution is -2.42. The van der Waals surface area contributed by atoms with Gasteiger partial charge in [0, 0.05) is 16.3 Å². The maximum Gasteiger partial charge on any atom is 0.346 e. The van der Waals surface area contributed by atoms with Crippen molar-refractivity contribution in [1.82, 2.24) is 4.57 Å². The number of benzene rings is 3. The monoisotopic (exact) mass is 604 g/mol. The van der Waals surface area contributed by atoms with E-state index in [0.29, 0.717) is 22.6 Å². The lowest BCUT2D eigenvalue weighted by molar-refractivity contribution is -0.135. The van der Waals surface area contributed by atoms with Crippen LogP contribution < -0.4 is 25.8 Å². The molecule has 0 aliphatic carbocycles. The predicted octanol–water partition coefficient (Wildman–Crippen LogP) is 3.55. The number of carbonyl (C=O) groups is 2. The molecule has 9 nitrogen and oxygen atoms in total. The molecule has 0 saturated heterocycles. The Labute approximate surface area is 247 Å². The fourth-order valence-corrected chi connectivity index (χ4v) is 7.64. The number of carbonyl (C=O) groups excluding carboxylic acids is 2. The third-order valence-corrected chi connectivity index (χ3v) is 9.82. The van der Waals surface area contributed by atoms with Gasteiger partial charge >= 0.3 is 5.97 Å². The second-order valence-corrected chi connectivity index (χ2v) is 12.1. The molecule has 0 amide bonds. The molecule has 1 aliphatic heterocycles. The van der Waals surface area contributed by atoms with E-state index in [-0.39, 0.29) is 32.7 Å². The molecule has 216 valence electrons. The van der Waals surface area contributed by atoms with E-state index in [0.717, 1.165) is 16.3 Å². The standard InChI is InChI=1S/C31H28N2O7S2/c1-4-40-31(35)28-26-22(18-19-12-8-10-16-23(19)38-2)25(32)30(42(36,37)20-13-6-5-7-14-20)33(26)29(34)27(41-28)21-15-9-11-17-24(21)39-3/h5-18,27H,4,32H2,1-3H3/b22-18+/t27-/m0/s1. The van der Waals surface area contributed by atoms with Crippen LogP contribution in [0, 0.1) is 0 Å². The molecule has 2 N–H and O–H groups in total. The lowest BCUT2D eigenvalue weighted by Gasteiger charge is -2.25. The number of esters is 1. The van der Waals surface area contributed by atoms with Crippen LogP contribution in [0.3, 0.4) is 0 Å². The third kappa shape index (κ3) is 4.94. The Bertz CT molecular complexity index is 1920. The molecule has 1 atom stereocenters. The van der Waals surface area contributed by atoms with Crippen LogP contribution in [0.5, 0.6) is 11.5 Å². The van der Waals surface area contributed by atoms with Crippen LogP contribution in [0.15, 0.2) is 88.8 Å². The largest absolute Gasteiger partial charge is 0.496 e. The molecule has 0 saturated carbocycles. The number of para-hydroxylation sites is 2. The molecule has 11 heteroatoms. The first-order chi connectivity index (χ1) is 20.2. The molecule has 4 aromatic rings. The number of nitrogens with two attached hydrogens (primary N) is 1. The van der Waals surface area contributed by atoms with Crippen LogP contribution in [0.25, 0.3) is 11.0 Å². The highest BCUT2D eigenvalue weighted by Gasteiger charge is 2.41. The zero-order valence-electron chi connectivity index (χ0n) is 23.1. The summed E-state index contributed by atoms with van der Waals surface area (Å²) in [7, 11) is -1.38. The minimum absolute atomic E-state index is 0.0347. The van der Waals surface area contributed by atoms with Gasteiger partial charge in [-0.2, -0.15) is 0 Å². The van der Waals surface area contributed by atoms with Crippen molar-refractivity contribution in [2.45, 2.75) is 22.1 Å². The number of thioether (sulfide) groups is 1. The van der Waals surface area contributed by atoms with Crippen molar-refractivity contribution in [3.05, 3.63) is 101 Å².